The van der Waals surface area contributed by atoms with E-state index >= 15 is 0 Å². The molecular formula is C23H34O4Si. The first-order chi connectivity index (χ1) is 13.3. The average molecular weight is 403 g/mol. The molecule has 0 amide bonds. The molecule has 1 fully saturated rings. The molecule has 154 valence electrons. The van der Waals surface area contributed by atoms with Crippen LogP contribution in [0.5, 0.6) is 0 Å². The summed E-state index contributed by atoms with van der Waals surface area (Å²) in [6, 6.07) is 9.10. The van der Waals surface area contributed by atoms with Gasteiger partial charge in [-0.25, -0.2) is 4.79 Å². The van der Waals surface area contributed by atoms with Crippen LogP contribution in [0.1, 0.15) is 49.4 Å². The van der Waals surface area contributed by atoms with Crippen molar-refractivity contribution < 1.29 is 19.0 Å². The zero-order valence-corrected chi connectivity index (χ0v) is 18.7. The first kappa shape index (κ1) is 22.7. The first-order valence-corrected chi connectivity index (χ1v) is 13.9. The summed E-state index contributed by atoms with van der Waals surface area (Å²) < 4.78 is 17.2. The van der Waals surface area contributed by atoms with Crippen LogP contribution >= 0.6 is 0 Å². The third-order valence-corrected chi connectivity index (χ3v) is 5.39. The van der Waals surface area contributed by atoms with Gasteiger partial charge in [0, 0.05) is 6.61 Å². The lowest BCUT2D eigenvalue weighted by molar-refractivity contribution is -0.168. The quantitative estimate of drug-likeness (QED) is 0.347. The van der Waals surface area contributed by atoms with Crippen LogP contribution in [0.25, 0.3) is 0 Å². The fraction of sp³-hybridized carbons (Fsp3) is 0.609. The summed E-state index contributed by atoms with van der Waals surface area (Å²) in [5.41, 5.74) is 3.91. The summed E-state index contributed by atoms with van der Waals surface area (Å²) in [7, 11) is -1.54. The molecule has 0 aliphatic carbocycles. The number of benzene rings is 1. The maximum Gasteiger partial charge on any atom is 0.339 e. The molecule has 1 aromatic rings. The molecule has 1 saturated heterocycles. The highest BCUT2D eigenvalue weighted by molar-refractivity contribution is 6.83. The van der Waals surface area contributed by atoms with Crippen LogP contribution in [0.4, 0.5) is 0 Å². The summed E-state index contributed by atoms with van der Waals surface area (Å²) in [6.45, 7) is 10.2. The molecule has 0 aromatic heterocycles. The number of hydrogen-bond acceptors (Lipinski definition) is 4. The second-order valence-corrected chi connectivity index (χ2v) is 13.3. The largest absolute Gasteiger partial charge is 0.446 e. The van der Waals surface area contributed by atoms with Crippen molar-refractivity contribution in [1.82, 2.24) is 0 Å². The fourth-order valence-corrected chi connectivity index (χ4v) is 3.46. The third-order valence-electron chi connectivity index (χ3n) is 4.49. The Morgan fingerprint density at radius 1 is 1.21 bits per heavy atom. The Hall–Kier alpha value is -1.61. The van der Waals surface area contributed by atoms with E-state index in [9.17, 15) is 4.79 Å². The molecule has 3 atom stereocenters. The van der Waals surface area contributed by atoms with Crippen LogP contribution in [0.2, 0.25) is 19.6 Å². The molecule has 1 aromatic carbocycles. The fourth-order valence-electron chi connectivity index (χ4n) is 2.86. The minimum atomic E-state index is -1.54. The molecule has 0 saturated carbocycles. The number of ether oxygens (including phenoxy) is 3. The van der Waals surface area contributed by atoms with Crippen molar-refractivity contribution in [2.75, 3.05) is 13.2 Å². The summed E-state index contributed by atoms with van der Waals surface area (Å²) in [4.78, 5) is 12.4. The standard InChI is InChI=1S/C23H34O4Si/c1-19(18-26-22-12-8-9-16-25-22)13-14-21(15-17-28(2,3)4)27-23(24)20-10-6-5-7-11-20/h5-7,10-11,19,21-22H,8-9,12-14,16,18H2,1-4H3/t19-,21?,22?/m0/s1. The molecule has 0 radical (unpaired) electrons. The van der Waals surface area contributed by atoms with E-state index in [2.05, 4.69) is 38.0 Å². The number of hydrogen-bond donors (Lipinski definition) is 0. The van der Waals surface area contributed by atoms with E-state index in [-0.39, 0.29) is 18.4 Å². The molecule has 0 bridgehead atoms. The van der Waals surface area contributed by atoms with E-state index < -0.39 is 8.07 Å². The van der Waals surface area contributed by atoms with Gasteiger partial charge in [0.05, 0.1) is 12.2 Å². The van der Waals surface area contributed by atoms with Crippen LogP contribution in [-0.4, -0.2) is 39.7 Å². The van der Waals surface area contributed by atoms with Gasteiger partial charge < -0.3 is 14.2 Å². The lowest BCUT2D eigenvalue weighted by Crippen LogP contribution is -2.25. The van der Waals surface area contributed by atoms with Crippen molar-refractivity contribution >= 4 is 14.0 Å². The predicted octanol–water partition coefficient (Wildman–Crippen LogP) is 5.05. The van der Waals surface area contributed by atoms with Crippen molar-refractivity contribution in [2.24, 2.45) is 5.92 Å². The highest BCUT2D eigenvalue weighted by Crippen LogP contribution is 2.17. The Morgan fingerprint density at radius 2 is 1.96 bits per heavy atom. The summed E-state index contributed by atoms with van der Waals surface area (Å²) >= 11 is 0. The van der Waals surface area contributed by atoms with E-state index in [0.29, 0.717) is 24.5 Å². The number of rotatable bonds is 8. The van der Waals surface area contributed by atoms with Crippen LogP contribution in [-0.2, 0) is 14.2 Å². The Labute approximate surface area is 171 Å². The van der Waals surface area contributed by atoms with Crippen molar-refractivity contribution in [3.05, 3.63) is 35.9 Å². The topological polar surface area (TPSA) is 44.8 Å². The van der Waals surface area contributed by atoms with E-state index in [4.69, 9.17) is 14.2 Å². The molecule has 0 N–H and O–H groups in total. The van der Waals surface area contributed by atoms with Gasteiger partial charge in [-0.2, -0.15) is 0 Å². The SMILES string of the molecule is C[C@@H](CCC(C#C[Si](C)(C)C)OC(=O)c1ccccc1)COC1CCCCO1. The molecular weight excluding hydrogens is 368 g/mol. The first-order valence-electron chi connectivity index (χ1n) is 10.4. The number of carbonyl (C=O) groups excluding carboxylic acids is 1. The van der Waals surface area contributed by atoms with Crippen molar-refractivity contribution in [3.8, 4) is 11.5 Å². The van der Waals surface area contributed by atoms with E-state index in [0.717, 1.165) is 25.9 Å². The zero-order valence-electron chi connectivity index (χ0n) is 17.7. The molecule has 0 spiro atoms. The molecule has 1 heterocycles. The maximum atomic E-state index is 12.4. The van der Waals surface area contributed by atoms with Crippen LogP contribution < -0.4 is 0 Å². The van der Waals surface area contributed by atoms with Crippen molar-refractivity contribution in [2.45, 2.75) is 71.1 Å². The van der Waals surface area contributed by atoms with Crippen molar-refractivity contribution in [1.29, 1.82) is 0 Å². The van der Waals surface area contributed by atoms with E-state index in [1.54, 1.807) is 12.1 Å². The Morgan fingerprint density at radius 3 is 2.61 bits per heavy atom. The van der Waals surface area contributed by atoms with Gasteiger partial charge in [0.1, 0.15) is 8.07 Å². The highest BCUT2D eigenvalue weighted by Gasteiger charge is 2.19. The van der Waals surface area contributed by atoms with Gasteiger partial charge in [-0.15, -0.1) is 5.54 Å². The highest BCUT2D eigenvalue weighted by atomic mass is 28.3. The zero-order chi connectivity index (χ0) is 20.4. The summed E-state index contributed by atoms with van der Waals surface area (Å²) in [6.07, 6.45) is 4.43. The molecule has 2 unspecified atom stereocenters. The van der Waals surface area contributed by atoms with Gasteiger partial charge in [0.2, 0.25) is 0 Å². The smallest absolute Gasteiger partial charge is 0.339 e. The van der Waals surface area contributed by atoms with E-state index in [1.165, 1.54) is 6.42 Å². The molecule has 1 aliphatic heterocycles. The Kier molecular flexibility index (Phi) is 9.23. The van der Waals surface area contributed by atoms with Crippen LogP contribution in [0.15, 0.2) is 30.3 Å². The van der Waals surface area contributed by atoms with Gasteiger partial charge >= 0.3 is 5.97 Å². The Balaban J connectivity index is 1.87. The molecule has 28 heavy (non-hydrogen) atoms. The minimum absolute atomic E-state index is 0.0606. The molecule has 1 aliphatic rings. The van der Waals surface area contributed by atoms with E-state index in [1.807, 2.05) is 18.2 Å². The summed E-state index contributed by atoms with van der Waals surface area (Å²) in [5, 5.41) is 0. The second kappa shape index (κ2) is 11.4. The lowest BCUT2D eigenvalue weighted by Gasteiger charge is -2.24. The summed E-state index contributed by atoms with van der Waals surface area (Å²) in [5.74, 6) is 3.27. The van der Waals surface area contributed by atoms with Crippen molar-refractivity contribution in [3.63, 3.8) is 0 Å². The van der Waals surface area contributed by atoms with Crippen LogP contribution in [0, 0.1) is 17.4 Å². The molecule has 4 nitrogen and oxygen atoms in total. The number of esters is 1. The lowest BCUT2D eigenvalue weighted by atomic mass is 10.0. The average Bonchev–Trinajstić information content (AvgIpc) is 2.69. The Bertz CT molecular complexity index is 651. The normalized spacial score (nSPS) is 19.2. The number of carbonyl (C=O) groups is 1. The van der Waals surface area contributed by atoms with Gasteiger partial charge in [0.25, 0.3) is 0 Å². The predicted molar refractivity (Wildman–Crippen MR) is 115 cm³/mol. The second-order valence-electron chi connectivity index (χ2n) is 8.59. The van der Waals surface area contributed by atoms with Gasteiger partial charge in [-0.3, -0.25) is 0 Å². The third kappa shape index (κ3) is 9.05. The monoisotopic (exact) mass is 402 g/mol. The minimum Gasteiger partial charge on any atom is -0.446 e. The maximum absolute atomic E-state index is 12.4. The van der Waals surface area contributed by atoms with Gasteiger partial charge in [-0.1, -0.05) is 50.7 Å². The van der Waals surface area contributed by atoms with Gasteiger partial charge in [0.15, 0.2) is 12.4 Å². The molecule has 2 rings (SSSR count). The molecule has 5 heteroatoms. The van der Waals surface area contributed by atoms with Gasteiger partial charge in [-0.05, 0) is 50.2 Å². The van der Waals surface area contributed by atoms with Crippen LogP contribution in [0.3, 0.4) is 0 Å².